The van der Waals surface area contributed by atoms with Crippen LogP contribution >= 0.6 is 23.5 Å². The van der Waals surface area contributed by atoms with E-state index in [0.29, 0.717) is 16.8 Å². The van der Waals surface area contributed by atoms with Crippen LogP contribution in [0.5, 0.6) is 0 Å². The highest BCUT2D eigenvalue weighted by atomic mass is 32.2. The summed E-state index contributed by atoms with van der Waals surface area (Å²) >= 11 is 3.21. The first-order valence-corrected chi connectivity index (χ1v) is 6.85. The Balaban J connectivity index is 3.29. The molecule has 0 radical (unpaired) electrons. The van der Waals surface area contributed by atoms with Crippen LogP contribution < -0.4 is 0 Å². The highest BCUT2D eigenvalue weighted by Gasteiger charge is 2.05. The molecule has 0 aliphatic heterocycles. The minimum absolute atomic E-state index is 0.189. The Morgan fingerprint density at radius 2 is 1.67 bits per heavy atom. The average Bonchev–Trinajstić information content (AvgIpc) is 2.11. The van der Waals surface area contributed by atoms with Crippen molar-refractivity contribution >= 4 is 35.5 Å². The van der Waals surface area contributed by atoms with E-state index in [2.05, 4.69) is 0 Å². The number of carboxylic acid groups (broad SMARTS) is 2. The lowest BCUT2D eigenvalue weighted by molar-refractivity contribution is -0.137. The number of hydrogen-bond donors (Lipinski definition) is 2. The largest absolute Gasteiger partial charge is 0.481 e. The van der Waals surface area contributed by atoms with Crippen molar-refractivity contribution in [3.05, 3.63) is 0 Å². The van der Waals surface area contributed by atoms with Gasteiger partial charge in [0.05, 0.1) is 12.8 Å². The van der Waals surface area contributed by atoms with E-state index >= 15 is 0 Å². The van der Waals surface area contributed by atoms with Gasteiger partial charge in [0.25, 0.3) is 0 Å². The minimum atomic E-state index is -0.770. The summed E-state index contributed by atoms with van der Waals surface area (Å²) in [6, 6.07) is 0. The first kappa shape index (κ1) is 14.6. The van der Waals surface area contributed by atoms with Crippen LogP contribution in [0.1, 0.15) is 19.8 Å². The van der Waals surface area contributed by atoms with Gasteiger partial charge in [-0.05, 0) is 0 Å². The van der Waals surface area contributed by atoms with Crippen molar-refractivity contribution in [3.8, 4) is 0 Å². The lowest BCUT2D eigenvalue weighted by Gasteiger charge is -2.09. The summed E-state index contributed by atoms with van der Waals surface area (Å²) in [6.07, 6.45) is 0.381. The van der Waals surface area contributed by atoms with Crippen LogP contribution in [0.2, 0.25) is 0 Å². The molecule has 0 amide bonds. The molecule has 0 fully saturated rings. The van der Waals surface area contributed by atoms with Crippen molar-refractivity contribution in [3.63, 3.8) is 0 Å². The SMILES string of the molecule is C[C@@H](CSCCC(=O)O)SCCC(=O)O. The molecule has 4 nitrogen and oxygen atoms in total. The maximum atomic E-state index is 10.2. The Hall–Kier alpha value is -0.360. The van der Waals surface area contributed by atoms with Gasteiger partial charge in [0, 0.05) is 22.5 Å². The van der Waals surface area contributed by atoms with E-state index in [4.69, 9.17) is 10.2 Å². The van der Waals surface area contributed by atoms with Gasteiger partial charge < -0.3 is 10.2 Å². The summed E-state index contributed by atoms with van der Waals surface area (Å²) in [5, 5.41) is 17.2. The van der Waals surface area contributed by atoms with Gasteiger partial charge in [-0.15, -0.1) is 0 Å². The van der Waals surface area contributed by atoms with Crippen molar-refractivity contribution in [2.45, 2.75) is 25.0 Å². The smallest absolute Gasteiger partial charge is 0.304 e. The molecule has 0 saturated heterocycles. The fourth-order valence-electron chi connectivity index (χ4n) is 0.804. The first-order chi connectivity index (χ1) is 7.02. The Kier molecular flexibility index (Phi) is 8.70. The third kappa shape index (κ3) is 11.6. The Bertz CT molecular complexity index is 208. The third-order valence-corrected chi connectivity index (χ3v) is 4.15. The molecular weight excluding hydrogens is 236 g/mol. The predicted octanol–water partition coefficient (Wildman–Crippen LogP) is 1.79. The zero-order valence-electron chi connectivity index (χ0n) is 8.64. The molecule has 0 bridgehead atoms. The molecule has 0 unspecified atom stereocenters. The first-order valence-electron chi connectivity index (χ1n) is 4.65. The second-order valence-electron chi connectivity index (χ2n) is 3.04. The van der Waals surface area contributed by atoms with Crippen LogP contribution in [-0.4, -0.2) is 44.7 Å². The molecule has 15 heavy (non-hydrogen) atoms. The van der Waals surface area contributed by atoms with E-state index in [1.807, 2.05) is 6.92 Å². The number of thioether (sulfide) groups is 2. The van der Waals surface area contributed by atoms with Gasteiger partial charge in [0.15, 0.2) is 0 Å². The summed E-state index contributed by atoms with van der Waals surface area (Å²) < 4.78 is 0. The predicted molar refractivity (Wildman–Crippen MR) is 63.8 cm³/mol. The summed E-state index contributed by atoms with van der Waals surface area (Å²) in [5.41, 5.74) is 0. The van der Waals surface area contributed by atoms with Crippen molar-refractivity contribution in [2.75, 3.05) is 17.3 Å². The Morgan fingerprint density at radius 3 is 2.20 bits per heavy atom. The lowest BCUT2D eigenvalue weighted by Crippen LogP contribution is -2.05. The zero-order chi connectivity index (χ0) is 11.7. The van der Waals surface area contributed by atoms with Crippen molar-refractivity contribution in [1.82, 2.24) is 0 Å². The number of carboxylic acids is 2. The number of hydrogen-bond acceptors (Lipinski definition) is 4. The van der Waals surface area contributed by atoms with E-state index < -0.39 is 11.9 Å². The zero-order valence-corrected chi connectivity index (χ0v) is 10.3. The molecule has 0 aliphatic rings. The average molecular weight is 252 g/mol. The molecule has 0 rings (SSSR count). The number of rotatable bonds is 9. The maximum Gasteiger partial charge on any atom is 0.304 e. The van der Waals surface area contributed by atoms with Crippen LogP contribution in [0, 0.1) is 0 Å². The molecule has 0 aromatic heterocycles. The Morgan fingerprint density at radius 1 is 1.13 bits per heavy atom. The fraction of sp³-hybridized carbons (Fsp3) is 0.778. The topological polar surface area (TPSA) is 74.6 Å². The highest BCUT2D eigenvalue weighted by Crippen LogP contribution is 2.17. The number of carbonyl (C=O) groups is 2. The van der Waals surface area contributed by atoms with Crippen molar-refractivity contribution in [2.24, 2.45) is 0 Å². The normalized spacial score (nSPS) is 12.3. The van der Waals surface area contributed by atoms with E-state index in [1.54, 1.807) is 23.5 Å². The van der Waals surface area contributed by atoms with E-state index in [-0.39, 0.29) is 12.8 Å². The molecule has 6 heteroatoms. The maximum absolute atomic E-state index is 10.2. The monoisotopic (exact) mass is 252 g/mol. The molecule has 0 aromatic rings. The molecule has 2 N–H and O–H groups in total. The molecule has 0 aromatic carbocycles. The van der Waals surface area contributed by atoms with Gasteiger partial charge in [0.2, 0.25) is 0 Å². The van der Waals surface area contributed by atoms with Gasteiger partial charge in [-0.25, -0.2) is 0 Å². The third-order valence-electron chi connectivity index (χ3n) is 1.53. The molecule has 88 valence electrons. The molecule has 1 atom stereocenters. The summed E-state index contributed by atoms with van der Waals surface area (Å²) in [5.74, 6) is 0.578. The van der Waals surface area contributed by atoms with E-state index in [0.717, 1.165) is 5.75 Å². The molecule has 0 heterocycles. The molecule has 0 saturated carbocycles. The lowest BCUT2D eigenvalue weighted by atomic mass is 10.5. The second kappa shape index (κ2) is 8.91. The van der Waals surface area contributed by atoms with Gasteiger partial charge >= 0.3 is 11.9 Å². The molecule has 0 aliphatic carbocycles. The molecular formula is C9H16O4S2. The van der Waals surface area contributed by atoms with Crippen LogP contribution in [0.4, 0.5) is 0 Å². The summed E-state index contributed by atoms with van der Waals surface area (Å²) in [4.78, 5) is 20.4. The van der Waals surface area contributed by atoms with Gasteiger partial charge in [-0.3, -0.25) is 9.59 Å². The van der Waals surface area contributed by atoms with E-state index in [1.165, 1.54) is 0 Å². The standard InChI is InChI=1S/C9H16O4S2/c1-7(15-5-3-9(12)13)6-14-4-2-8(10)11/h7H,2-6H2,1H3,(H,10,11)(H,12,13)/t7-/m0/s1. The molecule has 0 spiro atoms. The van der Waals surface area contributed by atoms with E-state index in [9.17, 15) is 9.59 Å². The summed E-state index contributed by atoms with van der Waals surface area (Å²) in [6.45, 7) is 2.03. The quantitative estimate of drug-likeness (QED) is 0.609. The van der Waals surface area contributed by atoms with Crippen molar-refractivity contribution in [1.29, 1.82) is 0 Å². The summed E-state index contributed by atoms with van der Waals surface area (Å²) in [7, 11) is 0. The highest BCUT2D eigenvalue weighted by molar-refractivity contribution is 8.03. The van der Waals surface area contributed by atoms with Crippen LogP contribution in [0.25, 0.3) is 0 Å². The Labute approximate surface area is 97.8 Å². The van der Waals surface area contributed by atoms with Gasteiger partial charge in [0.1, 0.15) is 0 Å². The fourth-order valence-corrected chi connectivity index (χ4v) is 2.99. The minimum Gasteiger partial charge on any atom is -0.481 e. The van der Waals surface area contributed by atoms with Crippen LogP contribution in [-0.2, 0) is 9.59 Å². The van der Waals surface area contributed by atoms with Crippen molar-refractivity contribution < 1.29 is 19.8 Å². The van der Waals surface area contributed by atoms with Gasteiger partial charge in [-0.2, -0.15) is 23.5 Å². The number of aliphatic carboxylic acids is 2. The van der Waals surface area contributed by atoms with Crippen LogP contribution in [0.3, 0.4) is 0 Å². The van der Waals surface area contributed by atoms with Gasteiger partial charge in [-0.1, -0.05) is 6.92 Å². The van der Waals surface area contributed by atoms with Crippen LogP contribution in [0.15, 0.2) is 0 Å². The second-order valence-corrected chi connectivity index (χ2v) is 5.74.